The molecule has 0 spiro atoms. The molecule has 1 unspecified atom stereocenters. The van der Waals surface area contributed by atoms with Crippen LogP contribution in [0.2, 0.25) is 0 Å². The molecule has 0 saturated heterocycles. The van der Waals surface area contributed by atoms with Crippen molar-refractivity contribution in [2.24, 2.45) is 0 Å². The zero-order valence-electron chi connectivity index (χ0n) is 12.2. The Balaban J connectivity index is 2.86. The van der Waals surface area contributed by atoms with Crippen LogP contribution in [0.5, 0.6) is 0 Å². The molecular formula is C13H21BrN4O2. The van der Waals surface area contributed by atoms with E-state index in [1.807, 2.05) is 20.8 Å². The van der Waals surface area contributed by atoms with Crippen LogP contribution in [-0.2, 0) is 11.3 Å². The van der Waals surface area contributed by atoms with Gasteiger partial charge in [0.15, 0.2) is 0 Å². The minimum Gasteiger partial charge on any atom is -0.372 e. The van der Waals surface area contributed by atoms with Crippen LogP contribution in [0.3, 0.4) is 0 Å². The molecule has 0 bridgehead atoms. The number of carbonyl (C=O) groups is 1. The fourth-order valence-corrected chi connectivity index (χ4v) is 2.07. The van der Waals surface area contributed by atoms with Crippen LogP contribution in [0.1, 0.15) is 34.1 Å². The fourth-order valence-electron chi connectivity index (χ4n) is 1.65. The summed E-state index contributed by atoms with van der Waals surface area (Å²) >= 11 is 3.26. The molecule has 0 aliphatic carbocycles. The first-order valence-electron chi connectivity index (χ1n) is 6.69. The molecule has 1 heterocycles. The van der Waals surface area contributed by atoms with E-state index in [0.29, 0.717) is 16.7 Å². The molecule has 2 N–H and O–H groups in total. The molecule has 6 nitrogen and oxygen atoms in total. The summed E-state index contributed by atoms with van der Waals surface area (Å²) in [6.45, 7) is 8.08. The maximum atomic E-state index is 12.0. The Bertz CT molecular complexity index is 528. The van der Waals surface area contributed by atoms with Gasteiger partial charge in [-0.15, -0.1) is 0 Å². The fraction of sp³-hybridized carbons (Fsp3) is 0.615. The lowest BCUT2D eigenvalue weighted by molar-refractivity contribution is -0.122. The summed E-state index contributed by atoms with van der Waals surface area (Å²) in [6.07, 6.45) is 2.39. The van der Waals surface area contributed by atoms with Gasteiger partial charge in [0.25, 0.3) is 5.56 Å². The second kappa shape index (κ2) is 7.42. The average Bonchev–Trinajstić information content (AvgIpc) is 2.37. The number of nitrogens with zero attached hydrogens (tertiary/aromatic N) is 2. The highest BCUT2D eigenvalue weighted by molar-refractivity contribution is 9.10. The molecule has 1 amide bonds. The van der Waals surface area contributed by atoms with Gasteiger partial charge in [0.05, 0.1) is 11.9 Å². The molecule has 112 valence electrons. The maximum Gasteiger partial charge on any atom is 0.283 e. The summed E-state index contributed by atoms with van der Waals surface area (Å²) in [5.74, 6) is -0.121. The van der Waals surface area contributed by atoms with Gasteiger partial charge in [0.2, 0.25) is 5.91 Å². The minimum absolute atomic E-state index is 0.0749. The Morgan fingerprint density at radius 1 is 1.45 bits per heavy atom. The minimum atomic E-state index is -0.447. The summed E-state index contributed by atoms with van der Waals surface area (Å²) in [5, 5.41) is 9.88. The Morgan fingerprint density at radius 3 is 2.65 bits per heavy atom. The van der Waals surface area contributed by atoms with Gasteiger partial charge in [-0.25, -0.2) is 4.68 Å². The predicted molar refractivity (Wildman–Crippen MR) is 82.9 cm³/mol. The van der Waals surface area contributed by atoms with E-state index in [0.717, 1.165) is 6.42 Å². The number of hydrogen-bond donors (Lipinski definition) is 2. The first kappa shape index (κ1) is 16.7. The van der Waals surface area contributed by atoms with Crippen molar-refractivity contribution < 1.29 is 4.79 Å². The first-order valence-corrected chi connectivity index (χ1v) is 7.48. The third kappa shape index (κ3) is 4.33. The van der Waals surface area contributed by atoms with Gasteiger partial charge in [-0.1, -0.05) is 6.92 Å². The van der Waals surface area contributed by atoms with Crippen LogP contribution >= 0.6 is 15.9 Å². The third-order valence-electron chi connectivity index (χ3n) is 2.62. The van der Waals surface area contributed by atoms with Crippen LogP contribution in [0.4, 0.5) is 5.69 Å². The summed E-state index contributed by atoms with van der Waals surface area (Å²) in [4.78, 5) is 23.9. The van der Waals surface area contributed by atoms with Gasteiger partial charge in [0.1, 0.15) is 10.5 Å². The lowest BCUT2D eigenvalue weighted by Crippen LogP contribution is -2.41. The molecule has 1 aromatic rings. The van der Waals surface area contributed by atoms with Crippen LogP contribution in [-0.4, -0.2) is 27.8 Å². The number of anilines is 1. The Hall–Kier alpha value is -1.37. The van der Waals surface area contributed by atoms with E-state index >= 15 is 0 Å². The number of rotatable bonds is 6. The Morgan fingerprint density at radius 2 is 2.10 bits per heavy atom. The number of amides is 1. The van der Waals surface area contributed by atoms with Gasteiger partial charge in [0, 0.05) is 12.6 Å². The summed E-state index contributed by atoms with van der Waals surface area (Å²) in [5.41, 5.74) is 0.321. The van der Waals surface area contributed by atoms with Gasteiger partial charge in [-0.05, 0) is 43.1 Å². The van der Waals surface area contributed by atoms with Crippen molar-refractivity contribution in [3.63, 3.8) is 0 Å². The third-order valence-corrected chi connectivity index (χ3v) is 3.38. The molecule has 0 radical (unpaired) electrons. The van der Waals surface area contributed by atoms with Crippen molar-refractivity contribution in [2.75, 3.05) is 5.32 Å². The average molecular weight is 345 g/mol. The summed E-state index contributed by atoms with van der Waals surface area (Å²) in [7, 11) is 0. The van der Waals surface area contributed by atoms with E-state index in [1.54, 1.807) is 13.1 Å². The monoisotopic (exact) mass is 344 g/mol. The number of carbonyl (C=O) groups excluding carboxylic acids is 1. The van der Waals surface area contributed by atoms with Gasteiger partial charge in [-0.3, -0.25) is 9.59 Å². The highest BCUT2D eigenvalue weighted by atomic mass is 79.9. The maximum absolute atomic E-state index is 12.0. The normalized spacial score (nSPS) is 12.3. The van der Waals surface area contributed by atoms with Crippen LogP contribution < -0.4 is 16.2 Å². The van der Waals surface area contributed by atoms with Gasteiger partial charge in [-0.2, -0.15) is 5.10 Å². The Kier molecular flexibility index (Phi) is 6.19. The van der Waals surface area contributed by atoms with E-state index in [-0.39, 0.29) is 17.5 Å². The van der Waals surface area contributed by atoms with E-state index in [2.05, 4.69) is 31.7 Å². The molecule has 0 fully saturated rings. The van der Waals surface area contributed by atoms with Crippen molar-refractivity contribution in [2.45, 2.75) is 52.7 Å². The van der Waals surface area contributed by atoms with E-state index in [9.17, 15) is 9.59 Å². The first-order chi connectivity index (χ1) is 9.36. The highest BCUT2D eigenvalue weighted by Crippen LogP contribution is 2.17. The zero-order chi connectivity index (χ0) is 15.3. The number of nitrogens with one attached hydrogen (secondary N) is 2. The number of aryl methyl sites for hydroxylation is 1. The molecule has 1 aromatic heterocycles. The number of halogens is 1. The molecular weight excluding hydrogens is 324 g/mol. The second-order valence-corrected chi connectivity index (χ2v) is 5.72. The number of aromatic nitrogens is 2. The smallest absolute Gasteiger partial charge is 0.283 e. The molecule has 0 saturated carbocycles. The molecule has 20 heavy (non-hydrogen) atoms. The largest absolute Gasteiger partial charge is 0.372 e. The molecule has 0 aromatic carbocycles. The molecule has 0 aliphatic heterocycles. The molecule has 1 atom stereocenters. The van der Waals surface area contributed by atoms with Crippen molar-refractivity contribution >= 4 is 27.5 Å². The van der Waals surface area contributed by atoms with E-state index < -0.39 is 6.04 Å². The van der Waals surface area contributed by atoms with Crippen molar-refractivity contribution in [3.8, 4) is 0 Å². The molecule has 7 heteroatoms. The van der Waals surface area contributed by atoms with E-state index in [4.69, 9.17) is 0 Å². The summed E-state index contributed by atoms with van der Waals surface area (Å²) < 4.78 is 1.79. The van der Waals surface area contributed by atoms with Gasteiger partial charge < -0.3 is 10.6 Å². The predicted octanol–water partition coefficient (Wildman–Crippen LogP) is 1.74. The lowest BCUT2D eigenvalue weighted by Gasteiger charge is -2.17. The molecule has 1 rings (SSSR count). The highest BCUT2D eigenvalue weighted by Gasteiger charge is 2.16. The van der Waals surface area contributed by atoms with E-state index in [1.165, 1.54) is 4.68 Å². The zero-order valence-corrected chi connectivity index (χ0v) is 13.8. The Labute approximate surface area is 127 Å². The van der Waals surface area contributed by atoms with Crippen LogP contribution in [0.25, 0.3) is 0 Å². The van der Waals surface area contributed by atoms with Crippen LogP contribution in [0.15, 0.2) is 15.5 Å². The summed E-state index contributed by atoms with van der Waals surface area (Å²) in [6, 6.07) is -0.372. The second-order valence-electron chi connectivity index (χ2n) is 4.93. The quantitative estimate of drug-likeness (QED) is 0.824. The van der Waals surface area contributed by atoms with Gasteiger partial charge >= 0.3 is 0 Å². The molecule has 0 aliphatic rings. The van der Waals surface area contributed by atoms with Crippen molar-refractivity contribution in [3.05, 3.63) is 21.0 Å². The SMILES string of the molecule is CCCn1ncc(NC(C)C(=O)NC(C)C)c(Br)c1=O. The standard InChI is InChI=1S/C13H21BrN4O2/c1-5-6-18-13(20)11(14)10(7-15-18)17-9(4)12(19)16-8(2)3/h7-9,17H,5-6H2,1-4H3,(H,16,19). The number of hydrogen-bond acceptors (Lipinski definition) is 4. The van der Waals surface area contributed by atoms with Crippen molar-refractivity contribution in [1.82, 2.24) is 15.1 Å². The topological polar surface area (TPSA) is 76.0 Å². The lowest BCUT2D eigenvalue weighted by atomic mass is 10.2. The van der Waals surface area contributed by atoms with Crippen molar-refractivity contribution in [1.29, 1.82) is 0 Å². The van der Waals surface area contributed by atoms with Crippen LogP contribution in [0, 0.1) is 0 Å².